The van der Waals surface area contributed by atoms with Crippen LogP contribution in [0.5, 0.6) is 0 Å². The molecule has 0 aliphatic rings. The van der Waals surface area contributed by atoms with Gasteiger partial charge in [-0.1, -0.05) is 0 Å². The van der Waals surface area contributed by atoms with Crippen molar-refractivity contribution in [3.05, 3.63) is 0 Å². The summed E-state index contributed by atoms with van der Waals surface area (Å²) in [5, 5.41) is 0. The average molecular weight is 226 g/mol. The van der Waals surface area contributed by atoms with Crippen LogP contribution in [0, 0.1) is 5.92 Å². The number of hydrogen-bond donors (Lipinski definition) is 0. The van der Waals surface area contributed by atoms with Gasteiger partial charge in [-0.05, 0) is 0 Å². The Labute approximate surface area is 62.2 Å². The summed E-state index contributed by atoms with van der Waals surface area (Å²) in [5.74, 6) is 0.785. The molecule has 50 valence electrons. The van der Waals surface area contributed by atoms with Crippen LogP contribution in [0.4, 0.5) is 0 Å². The van der Waals surface area contributed by atoms with Crippen LogP contribution < -0.4 is 21.5 Å². The van der Waals surface area contributed by atoms with Gasteiger partial charge in [-0.2, -0.15) is 0 Å². The van der Waals surface area contributed by atoms with Crippen molar-refractivity contribution in [3.8, 4) is 0 Å². The van der Waals surface area contributed by atoms with Crippen LogP contribution in [0.15, 0.2) is 3.21 Å². The molecule has 1 atom stereocenters. The predicted molar refractivity (Wildman–Crippen MR) is 33.8 cm³/mol. The Bertz CT molecular complexity index is 70.9. The van der Waals surface area contributed by atoms with E-state index >= 15 is 0 Å². The summed E-state index contributed by atoms with van der Waals surface area (Å²) in [7, 11) is 0. The fourth-order valence-electron chi connectivity index (χ4n) is 0.222. The molecule has 0 unspecified atom stereocenters. The van der Waals surface area contributed by atoms with E-state index in [0.29, 0.717) is 0 Å². The summed E-state index contributed by atoms with van der Waals surface area (Å²) in [5.41, 5.74) is 0. The quantitative estimate of drug-likeness (QED) is 0.323. The van der Waals surface area contributed by atoms with Crippen molar-refractivity contribution < 1.29 is 21.5 Å². The number of halogens is 1. The fourth-order valence-corrected chi connectivity index (χ4v) is 1.49. The number of hydrogen-bond acceptors (Lipinski definition) is 1. The van der Waals surface area contributed by atoms with Gasteiger partial charge >= 0.3 is 62.0 Å². The minimum atomic E-state index is 0.0388. The molecule has 1 nitrogen and oxygen atoms in total. The first kappa shape index (κ1) is 8.40. The predicted octanol–water partition coefficient (Wildman–Crippen LogP) is -1.26. The Hall–Kier alpha value is 0.400. The standard InChI is InChI=1S/C6H13IN/c1-5(2)6(3)7-8-4/h5-6H,4H2,1-3H3/q-1/t6-/m1/s1. The fraction of sp³-hybridized carbons (Fsp3) is 0.833. The van der Waals surface area contributed by atoms with Gasteiger partial charge < -0.3 is 0 Å². The van der Waals surface area contributed by atoms with Crippen molar-refractivity contribution in [2.75, 3.05) is 0 Å². The first-order valence-electron chi connectivity index (χ1n) is 2.77. The summed E-state index contributed by atoms with van der Waals surface area (Å²) < 4.78 is 4.71. The monoisotopic (exact) mass is 226 g/mol. The third kappa shape index (κ3) is 3.41. The Morgan fingerprint density at radius 2 is 1.88 bits per heavy atom. The molecule has 0 fully saturated rings. The van der Waals surface area contributed by atoms with Crippen LogP contribution in [0.3, 0.4) is 0 Å². The normalized spacial score (nSPS) is 14.5. The van der Waals surface area contributed by atoms with Crippen LogP contribution in [-0.4, -0.2) is 10.6 Å². The second kappa shape index (κ2) is 4.30. The average Bonchev–Trinajstić information content (AvgIpc) is 1.67. The van der Waals surface area contributed by atoms with Crippen LogP contribution >= 0.6 is 0 Å². The molecule has 0 saturated carbocycles. The van der Waals surface area contributed by atoms with Crippen LogP contribution in [0.2, 0.25) is 0 Å². The van der Waals surface area contributed by atoms with Crippen molar-refractivity contribution in [3.63, 3.8) is 0 Å². The molecule has 0 amide bonds. The van der Waals surface area contributed by atoms with E-state index in [0.717, 1.165) is 9.84 Å². The molecule has 0 bridgehead atoms. The van der Waals surface area contributed by atoms with E-state index in [9.17, 15) is 0 Å². The Morgan fingerprint density at radius 3 is 2.00 bits per heavy atom. The van der Waals surface area contributed by atoms with Gasteiger partial charge in [0.05, 0.1) is 0 Å². The van der Waals surface area contributed by atoms with Gasteiger partial charge in [-0.15, -0.1) is 0 Å². The first-order chi connectivity index (χ1) is 3.68. The van der Waals surface area contributed by atoms with Crippen molar-refractivity contribution in [1.29, 1.82) is 0 Å². The number of alkyl halides is 1. The molecule has 0 aromatic rings. The first-order valence-corrected chi connectivity index (χ1v) is 4.98. The molecule has 0 N–H and O–H groups in total. The van der Waals surface area contributed by atoms with Crippen molar-refractivity contribution in [2.24, 2.45) is 9.12 Å². The second-order valence-electron chi connectivity index (χ2n) is 2.14. The maximum absolute atomic E-state index is 3.92. The van der Waals surface area contributed by atoms with Crippen LogP contribution in [0.1, 0.15) is 20.8 Å². The van der Waals surface area contributed by atoms with Crippen LogP contribution in [0.25, 0.3) is 0 Å². The summed E-state index contributed by atoms with van der Waals surface area (Å²) in [6.45, 7) is 10.2. The molecular weight excluding hydrogens is 213 g/mol. The zero-order valence-electron chi connectivity index (χ0n) is 5.69. The van der Waals surface area contributed by atoms with E-state index in [1.165, 1.54) is 0 Å². The summed E-state index contributed by atoms with van der Waals surface area (Å²) in [6.07, 6.45) is 0. The van der Waals surface area contributed by atoms with Gasteiger partial charge in [0.2, 0.25) is 0 Å². The minimum absolute atomic E-state index is 0.0388. The van der Waals surface area contributed by atoms with E-state index in [1.807, 2.05) is 0 Å². The van der Waals surface area contributed by atoms with Crippen molar-refractivity contribution in [1.82, 2.24) is 0 Å². The van der Waals surface area contributed by atoms with E-state index in [4.69, 9.17) is 0 Å². The molecule has 0 aromatic carbocycles. The Balaban J connectivity index is 3.30. The second-order valence-corrected chi connectivity index (χ2v) is 5.34. The molecule has 0 rings (SSSR count). The van der Waals surface area contributed by atoms with Gasteiger partial charge in [0.1, 0.15) is 0 Å². The Kier molecular flexibility index (Phi) is 4.51. The molecule has 2 heteroatoms. The topological polar surface area (TPSA) is 12.4 Å². The zero-order valence-corrected chi connectivity index (χ0v) is 7.84. The van der Waals surface area contributed by atoms with Crippen molar-refractivity contribution in [2.45, 2.75) is 24.7 Å². The van der Waals surface area contributed by atoms with E-state index < -0.39 is 0 Å². The summed E-state index contributed by atoms with van der Waals surface area (Å²) in [6, 6.07) is 0. The third-order valence-corrected chi connectivity index (χ3v) is 3.85. The molecule has 0 aromatic heterocycles. The molecule has 0 radical (unpaired) electrons. The van der Waals surface area contributed by atoms with Gasteiger partial charge in [0, 0.05) is 0 Å². The molecular formula is C6H13IN-. The molecule has 8 heavy (non-hydrogen) atoms. The maximum atomic E-state index is 3.92. The van der Waals surface area contributed by atoms with Gasteiger partial charge in [0.25, 0.3) is 0 Å². The molecule has 0 heterocycles. The molecule has 0 saturated heterocycles. The SMILES string of the molecule is C=N[I-][C@H](C)C(C)C. The van der Waals surface area contributed by atoms with Crippen molar-refractivity contribution >= 4 is 6.72 Å². The van der Waals surface area contributed by atoms with Gasteiger partial charge in [-0.3, -0.25) is 0 Å². The van der Waals surface area contributed by atoms with Crippen LogP contribution in [-0.2, 0) is 0 Å². The van der Waals surface area contributed by atoms with E-state index in [-0.39, 0.29) is 21.5 Å². The number of nitrogens with zero attached hydrogens (tertiary/aromatic N) is 1. The molecule has 0 aliphatic heterocycles. The Morgan fingerprint density at radius 1 is 1.38 bits per heavy atom. The summed E-state index contributed by atoms with van der Waals surface area (Å²) >= 11 is 0.0388. The summed E-state index contributed by atoms with van der Waals surface area (Å²) in [4.78, 5) is 0. The molecule has 0 aliphatic carbocycles. The van der Waals surface area contributed by atoms with E-state index in [1.54, 1.807) is 0 Å². The zero-order chi connectivity index (χ0) is 6.57. The number of rotatable bonds is 3. The third-order valence-electron chi connectivity index (χ3n) is 1.14. The van der Waals surface area contributed by atoms with Gasteiger partial charge in [-0.25, -0.2) is 0 Å². The van der Waals surface area contributed by atoms with E-state index in [2.05, 4.69) is 30.7 Å². The van der Waals surface area contributed by atoms with Gasteiger partial charge in [0.15, 0.2) is 0 Å². The molecule has 0 spiro atoms.